The van der Waals surface area contributed by atoms with Gasteiger partial charge in [0, 0.05) is 6.04 Å². The second kappa shape index (κ2) is 5.29. The molecule has 2 rings (SSSR count). The summed E-state index contributed by atoms with van der Waals surface area (Å²) in [5.74, 6) is -0.836. The molecule has 0 spiro atoms. The smallest absolute Gasteiger partial charge is 0.317 e. The highest BCUT2D eigenvalue weighted by Gasteiger charge is 2.32. The van der Waals surface area contributed by atoms with Gasteiger partial charge < -0.3 is 10.2 Å². The Kier molecular flexibility index (Phi) is 3.76. The fraction of sp³-hybridized carbons (Fsp3) is 0.462. The molecule has 1 aromatic rings. The number of hydrogen-bond donors (Lipinski definition) is 2. The van der Waals surface area contributed by atoms with E-state index in [9.17, 15) is 9.90 Å². The maximum absolute atomic E-state index is 10.7. The molecule has 1 aliphatic heterocycles. The molecule has 0 saturated carbocycles. The van der Waals surface area contributed by atoms with Crippen molar-refractivity contribution in [3.8, 4) is 0 Å². The predicted molar refractivity (Wildman–Crippen MR) is 63.6 cm³/mol. The first-order chi connectivity index (χ1) is 8.18. The molecule has 1 aromatic carbocycles. The number of benzene rings is 1. The van der Waals surface area contributed by atoms with Crippen molar-refractivity contribution in [2.75, 3.05) is 13.1 Å². The molecule has 4 nitrogen and oxygen atoms in total. The molecule has 1 saturated heterocycles. The molecule has 17 heavy (non-hydrogen) atoms. The summed E-state index contributed by atoms with van der Waals surface area (Å²) in [5, 5.41) is 19.1. The molecule has 1 heterocycles. The van der Waals surface area contributed by atoms with E-state index in [-0.39, 0.29) is 12.6 Å². The average Bonchev–Trinajstić information content (AvgIpc) is 2.76. The van der Waals surface area contributed by atoms with Crippen LogP contribution in [0.4, 0.5) is 0 Å². The van der Waals surface area contributed by atoms with E-state index in [2.05, 4.69) is 0 Å². The summed E-state index contributed by atoms with van der Waals surface area (Å²) >= 11 is 0. The number of carboxylic acids is 1. The number of aliphatic hydroxyl groups is 1. The van der Waals surface area contributed by atoms with E-state index in [4.69, 9.17) is 5.11 Å². The van der Waals surface area contributed by atoms with Crippen molar-refractivity contribution < 1.29 is 15.0 Å². The molecular weight excluding hydrogens is 218 g/mol. The Bertz CT molecular complexity index is 380. The van der Waals surface area contributed by atoms with Gasteiger partial charge in [0.2, 0.25) is 0 Å². The highest BCUT2D eigenvalue weighted by molar-refractivity contribution is 5.69. The van der Waals surface area contributed by atoms with Crippen molar-refractivity contribution in [2.45, 2.75) is 25.0 Å². The lowest BCUT2D eigenvalue weighted by atomic mass is 10.0. The van der Waals surface area contributed by atoms with E-state index in [1.54, 1.807) is 0 Å². The number of rotatable bonds is 4. The van der Waals surface area contributed by atoms with Crippen LogP contribution in [-0.4, -0.2) is 40.2 Å². The summed E-state index contributed by atoms with van der Waals surface area (Å²) in [6, 6.07) is 9.35. The Hall–Kier alpha value is -1.39. The molecule has 1 fully saturated rings. The van der Waals surface area contributed by atoms with E-state index in [1.807, 2.05) is 35.2 Å². The minimum atomic E-state index is -0.836. The second-order valence-electron chi connectivity index (χ2n) is 4.43. The Morgan fingerprint density at radius 2 is 2.12 bits per heavy atom. The van der Waals surface area contributed by atoms with Gasteiger partial charge in [0.05, 0.1) is 12.6 Å². The van der Waals surface area contributed by atoms with Crippen LogP contribution >= 0.6 is 0 Å². The third kappa shape index (κ3) is 2.84. The molecule has 1 aliphatic rings. The van der Waals surface area contributed by atoms with Crippen LogP contribution in [0.2, 0.25) is 0 Å². The quantitative estimate of drug-likeness (QED) is 0.825. The van der Waals surface area contributed by atoms with Gasteiger partial charge >= 0.3 is 5.97 Å². The lowest BCUT2D eigenvalue weighted by molar-refractivity contribution is -0.139. The fourth-order valence-electron chi connectivity index (χ4n) is 2.45. The molecule has 0 radical (unpaired) electrons. The zero-order valence-corrected chi connectivity index (χ0v) is 9.62. The number of carbonyl (C=O) groups is 1. The maximum atomic E-state index is 10.7. The zero-order valence-electron chi connectivity index (χ0n) is 9.62. The van der Waals surface area contributed by atoms with Gasteiger partial charge in [-0.2, -0.15) is 0 Å². The first-order valence-corrected chi connectivity index (χ1v) is 5.87. The van der Waals surface area contributed by atoms with Crippen LogP contribution in [0.5, 0.6) is 0 Å². The Morgan fingerprint density at radius 1 is 1.41 bits per heavy atom. The summed E-state index contributed by atoms with van der Waals surface area (Å²) in [6.07, 6.45) is 1.20. The van der Waals surface area contributed by atoms with Crippen molar-refractivity contribution in [1.29, 1.82) is 0 Å². The van der Waals surface area contributed by atoms with E-state index in [0.717, 1.165) is 24.9 Å². The van der Waals surface area contributed by atoms with Crippen LogP contribution in [0.25, 0.3) is 0 Å². The largest absolute Gasteiger partial charge is 0.480 e. The van der Waals surface area contributed by atoms with E-state index < -0.39 is 12.1 Å². The lowest BCUT2D eigenvalue weighted by Gasteiger charge is -2.27. The molecular formula is C13H17NO3. The molecule has 2 N–H and O–H groups in total. The number of likely N-dealkylation sites (tertiary alicyclic amines) is 1. The van der Waals surface area contributed by atoms with Gasteiger partial charge in [0.15, 0.2) is 0 Å². The first kappa shape index (κ1) is 12.1. The zero-order chi connectivity index (χ0) is 12.3. The number of carboxylic acid groups (broad SMARTS) is 1. The van der Waals surface area contributed by atoms with Crippen molar-refractivity contribution in [3.05, 3.63) is 35.9 Å². The molecule has 0 aromatic heterocycles. The van der Waals surface area contributed by atoms with Crippen LogP contribution in [-0.2, 0) is 4.79 Å². The van der Waals surface area contributed by atoms with Crippen molar-refractivity contribution in [2.24, 2.45) is 0 Å². The van der Waals surface area contributed by atoms with Gasteiger partial charge in [-0.1, -0.05) is 30.3 Å². The summed E-state index contributed by atoms with van der Waals surface area (Å²) in [6.45, 7) is 0.759. The molecule has 2 atom stereocenters. The molecule has 0 amide bonds. The Balaban J connectivity index is 2.08. The first-order valence-electron chi connectivity index (χ1n) is 5.87. The minimum absolute atomic E-state index is 0.00849. The third-order valence-electron chi connectivity index (χ3n) is 3.26. The predicted octanol–water partition coefficient (Wildman–Crippen LogP) is 1.27. The summed E-state index contributed by atoms with van der Waals surface area (Å²) in [4.78, 5) is 12.6. The monoisotopic (exact) mass is 235 g/mol. The van der Waals surface area contributed by atoms with E-state index in [1.165, 1.54) is 0 Å². The fourth-order valence-corrected chi connectivity index (χ4v) is 2.45. The van der Waals surface area contributed by atoms with Crippen molar-refractivity contribution >= 4 is 5.97 Å². The Morgan fingerprint density at radius 3 is 2.76 bits per heavy atom. The van der Waals surface area contributed by atoms with Crippen LogP contribution < -0.4 is 0 Å². The molecule has 0 aliphatic carbocycles. The highest BCUT2D eigenvalue weighted by atomic mass is 16.4. The topological polar surface area (TPSA) is 60.8 Å². The number of hydrogen-bond acceptors (Lipinski definition) is 3. The van der Waals surface area contributed by atoms with Gasteiger partial charge in [0.1, 0.15) is 0 Å². The SMILES string of the molecule is O=C(O)CN1CCCC1C(O)c1ccccc1. The van der Waals surface area contributed by atoms with Crippen molar-refractivity contribution in [3.63, 3.8) is 0 Å². The standard InChI is InChI=1S/C13H17NO3/c15-12(16)9-14-8-4-7-11(14)13(17)10-5-2-1-3-6-10/h1-3,5-6,11,13,17H,4,7-9H2,(H,15,16). The molecule has 0 bridgehead atoms. The van der Waals surface area contributed by atoms with Gasteiger partial charge in [0.25, 0.3) is 0 Å². The summed E-state index contributed by atoms with van der Waals surface area (Å²) in [5.41, 5.74) is 0.856. The van der Waals surface area contributed by atoms with E-state index >= 15 is 0 Å². The minimum Gasteiger partial charge on any atom is -0.480 e. The highest BCUT2D eigenvalue weighted by Crippen LogP contribution is 2.28. The Labute approximate surface area is 100 Å². The van der Waals surface area contributed by atoms with Gasteiger partial charge in [-0.05, 0) is 24.9 Å². The van der Waals surface area contributed by atoms with Crippen LogP contribution in [0.1, 0.15) is 24.5 Å². The average molecular weight is 235 g/mol. The number of nitrogens with zero attached hydrogens (tertiary/aromatic N) is 1. The van der Waals surface area contributed by atoms with Gasteiger partial charge in [-0.3, -0.25) is 9.69 Å². The van der Waals surface area contributed by atoms with Gasteiger partial charge in [-0.15, -0.1) is 0 Å². The van der Waals surface area contributed by atoms with E-state index in [0.29, 0.717) is 0 Å². The second-order valence-corrected chi connectivity index (χ2v) is 4.43. The summed E-state index contributed by atoms with van der Waals surface area (Å²) < 4.78 is 0. The van der Waals surface area contributed by atoms with Gasteiger partial charge in [-0.25, -0.2) is 0 Å². The molecule has 92 valence electrons. The lowest BCUT2D eigenvalue weighted by Crippen LogP contribution is -2.38. The molecule has 4 heteroatoms. The maximum Gasteiger partial charge on any atom is 0.317 e. The van der Waals surface area contributed by atoms with Crippen LogP contribution in [0, 0.1) is 0 Å². The van der Waals surface area contributed by atoms with Crippen molar-refractivity contribution in [1.82, 2.24) is 4.90 Å². The summed E-state index contributed by atoms with van der Waals surface area (Å²) in [7, 11) is 0. The van der Waals surface area contributed by atoms with Crippen LogP contribution in [0.15, 0.2) is 30.3 Å². The molecule has 2 unspecified atom stereocenters. The third-order valence-corrected chi connectivity index (χ3v) is 3.26. The normalized spacial score (nSPS) is 22.5. The number of aliphatic carboxylic acids is 1. The number of aliphatic hydroxyl groups excluding tert-OH is 1. The van der Waals surface area contributed by atoms with Crippen LogP contribution in [0.3, 0.4) is 0 Å².